The molecule has 2 unspecified atom stereocenters. The molecule has 0 bridgehead atoms. The molecular formula is C28H35N5O5Si. The standard InChI is InChI=1S/C28H35N5O5Si/c1-19-17-33(27(35)30-26(19)34)25-16-23(37-20(2)31-32-29)24(38-25)18-36-39(28(3,4)5,21-12-8-6-9-13-21)22-14-10-7-11-15-22/h6-15,17,20,23-25H,16,18H2,1-5H3,(H,30,34,35)/t20?,23?,24-,25-/m1/s1. The number of azide groups is 1. The molecule has 1 aliphatic rings. The molecule has 1 N–H and O–H groups in total. The number of aromatic amines is 1. The first-order chi connectivity index (χ1) is 18.6. The number of aryl methyl sites for hydroxylation is 1. The number of H-pyrrole nitrogens is 1. The van der Waals surface area contributed by atoms with E-state index in [1.54, 1.807) is 13.8 Å². The summed E-state index contributed by atoms with van der Waals surface area (Å²) >= 11 is 0. The van der Waals surface area contributed by atoms with Crippen LogP contribution in [0.1, 0.15) is 45.9 Å². The molecule has 10 nitrogen and oxygen atoms in total. The van der Waals surface area contributed by atoms with Crippen LogP contribution in [0.15, 0.2) is 81.6 Å². The lowest BCUT2D eigenvalue weighted by Crippen LogP contribution is -2.67. The van der Waals surface area contributed by atoms with Crippen LogP contribution in [-0.4, -0.2) is 42.9 Å². The fraction of sp³-hybridized carbons (Fsp3) is 0.429. The van der Waals surface area contributed by atoms with Gasteiger partial charge in [-0.05, 0) is 34.8 Å². The molecule has 4 atom stereocenters. The van der Waals surface area contributed by atoms with Gasteiger partial charge in [0.2, 0.25) is 0 Å². The lowest BCUT2D eigenvalue weighted by Gasteiger charge is -2.43. The highest BCUT2D eigenvalue weighted by molar-refractivity contribution is 6.99. The van der Waals surface area contributed by atoms with Crippen molar-refractivity contribution in [1.82, 2.24) is 9.55 Å². The summed E-state index contributed by atoms with van der Waals surface area (Å²) in [6, 6.07) is 20.5. The van der Waals surface area contributed by atoms with E-state index in [1.807, 2.05) is 36.4 Å². The first-order valence-corrected chi connectivity index (χ1v) is 14.9. The minimum atomic E-state index is -2.86. The van der Waals surface area contributed by atoms with Gasteiger partial charge < -0.3 is 13.9 Å². The fourth-order valence-corrected chi connectivity index (χ4v) is 9.86. The maximum atomic E-state index is 12.6. The van der Waals surface area contributed by atoms with Crippen molar-refractivity contribution in [1.29, 1.82) is 0 Å². The molecule has 1 aliphatic heterocycles. The third-order valence-electron chi connectivity index (χ3n) is 7.10. The Morgan fingerprint density at radius 3 is 2.26 bits per heavy atom. The molecule has 2 heterocycles. The van der Waals surface area contributed by atoms with Crippen LogP contribution in [-0.2, 0) is 13.9 Å². The Morgan fingerprint density at radius 1 is 1.13 bits per heavy atom. The predicted molar refractivity (Wildman–Crippen MR) is 152 cm³/mol. The van der Waals surface area contributed by atoms with E-state index in [0.29, 0.717) is 12.0 Å². The number of rotatable bonds is 9. The molecule has 0 saturated carbocycles. The van der Waals surface area contributed by atoms with E-state index in [1.165, 1.54) is 10.8 Å². The predicted octanol–water partition coefficient (Wildman–Crippen LogP) is 3.75. The van der Waals surface area contributed by atoms with Crippen molar-refractivity contribution in [2.75, 3.05) is 6.61 Å². The molecule has 4 rings (SSSR count). The minimum Gasteiger partial charge on any atom is -0.405 e. The van der Waals surface area contributed by atoms with Gasteiger partial charge in [-0.2, -0.15) is 0 Å². The zero-order chi connectivity index (χ0) is 28.2. The monoisotopic (exact) mass is 549 g/mol. The van der Waals surface area contributed by atoms with Crippen LogP contribution in [0.25, 0.3) is 10.4 Å². The number of hydrogen-bond donors (Lipinski definition) is 1. The highest BCUT2D eigenvalue weighted by Gasteiger charge is 2.51. The summed E-state index contributed by atoms with van der Waals surface area (Å²) in [7, 11) is -2.86. The number of aromatic nitrogens is 2. The van der Waals surface area contributed by atoms with Gasteiger partial charge in [0.05, 0.1) is 12.7 Å². The van der Waals surface area contributed by atoms with Crippen LogP contribution >= 0.6 is 0 Å². The van der Waals surface area contributed by atoms with Crippen molar-refractivity contribution in [3.8, 4) is 0 Å². The summed E-state index contributed by atoms with van der Waals surface area (Å²) in [5.74, 6) is 0. The van der Waals surface area contributed by atoms with Gasteiger partial charge in [0.25, 0.3) is 13.9 Å². The van der Waals surface area contributed by atoms with Crippen LogP contribution in [0.5, 0.6) is 0 Å². The maximum Gasteiger partial charge on any atom is 0.330 e. The SMILES string of the molecule is Cc1cn([C@H]2CC(OC(C)N=[N+]=[N-])[C@@H](CO[Si](c3ccccc3)(c3ccccc3)C(C)(C)C)O2)c(=O)[nH]c1=O. The molecule has 0 radical (unpaired) electrons. The van der Waals surface area contributed by atoms with Gasteiger partial charge in [-0.3, -0.25) is 14.3 Å². The summed E-state index contributed by atoms with van der Waals surface area (Å²) < 4.78 is 20.9. The second-order valence-electron chi connectivity index (χ2n) is 10.8. The van der Waals surface area contributed by atoms with E-state index in [9.17, 15) is 9.59 Å². The Morgan fingerprint density at radius 2 is 1.72 bits per heavy atom. The number of hydrogen-bond acceptors (Lipinski definition) is 6. The molecule has 1 fully saturated rings. The molecule has 0 spiro atoms. The largest absolute Gasteiger partial charge is 0.405 e. The average molecular weight is 550 g/mol. The summed E-state index contributed by atoms with van der Waals surface area (Å²) in [4.78, 5) is 29.8. The van der Waals surface area contributed by atoms with E-state index in [0.717, 1.165) is 10.4 Å². The molecule has 3 aromatic rings. The maximum absolute atomic E-state index is 12.6. The highest BCUT2D eigenvalue weighted by Crippen LogP contribution is 2.38. The summed E-state index contributed by atoms with van der Waals surface area (Å²) in [5.41, 5.74) is 8.29. The smallest absolute Gasteiger partial charge is 0.330 e. The number of benzene rings is 2. The first-order valence-electron chi connectivity index (χ1n) is 13.0. The van der Waals surface area contributed by atoms with Crippen molar-refractivity contribution in [2.24, 2.45) is 5.11 Å². The molecule has 0 aliphatic carbocycles. The Balaban J connectivity index is 1.72. The normalized spacial score (nSPS) is 20.4. The van der Waals surface area contributed by atoms with E-state index < -0.39 is 44.2 Å². The van der Waals surface area contributed by atoms with Gasteiger partial charge in [-0.1, -0.05) is 86.5 Å². The first kappa shape index (κ1) is 28.5. The van der Waals surface area contributed by atoms with Crippen molar-refractivity contribution in [3.05, 3.63) is 104 Å². The Labute approximate surface area is 228 Å². The van der Waals surface area contributed by atoms with Crippen LogP contribution in [0.3, 0.4) is 0 Å². The summed E-state index contributed by atoms with van der Waals surface area (Å²) in [5, 5.41) is 5.68. The van der Waals surface area contributed by atoms with Crippen molar-refractivity contribution < 1.29 is 13.9 Å². The Bertz CT molecular complexity index is 1390. The van der Waals surface area contributed by atoms with Crippen LogP contribution in [0.4, 0.5) is 0 Å². The van der Waals surface area contributed by atoms with Crippen LogP contribution in [0, 0.1) is 6.92 Å². The van der Waals surface area contributed by atoms with Gasteiger partial charge in [-0.25, -0.2) is 4.79 Å². The van der Waals surface area contributed by atoms with Gasteiger partial charge in [-0.15, -0.1) is 0 Å². The van der Waals surface area contributed by atoms with E-state index >= 15 is 0 Å². The highest BCUT2D eigenvalue weighted by atomic mass is 28.4. The van der Waals surface area contributed by atoms with Gasteiger partial charge >= 0.3 is 5.69 Å². The molecule has 0 amide bonds. The average Bonchev–Trinajstić information content (AvgIpc) is 3.29. The summed E-state index contributed by atoms with van der Waals surface area (Å²) in [6.45, 7) is 10.1. The number of nitrogens with one attached hydrogen (secondary N) is 1. The lowest BCUT2D eigenvalue weighted by molar-refractivity contribution is -0.0744. The third-order valence-corrected chi connectivity index (χ3v) is 12.1. The van der Waals surface area contributed by atoms with Crippen molar-refractivity contribution in [2.45, 2.75) is 70.7 Å². The fourth-order valence-electron chi connectivity index (χ4n) is 5.29. The second kappa shape index (κ2) is 11.7. The van der Waals surface area contributed by atoms with Crippen molar-refractivity contribution >= 4 is 18.7 Å². The van der Waals surface area contributed by atoms with Gasteiger partial charge in [0.1, 0.15) is 18.6 Å². The van der Waals surface area contributed by atoms with Crippen LogP contribution < -0.4 is 21.6 Å². The second-order valence-corrected chi connectivity index (χ2v) is 15.1. The topological polar surface area (TPSA) is 131 Å². The minimum absolute atomic E-state index is 0.189. The molecule has 39 heavy (non-hydrogen) atoms. The van der Waals surface area contributed by atoms with E-state index in [-0.39, 0.29) is 11.6 Å². The van der Waals surface area contributed by atoms with Gasteiger partial charge in [0.15, 0.2) is 0 Å². The number of nitrogens with zero attached hydrogens (tertiary/aromatic N) is 4. The number of ether oxygens (including phenoxy) is 2. The molecule has 1 aromatic heterocycles. The third kappa shape index (κ3) is 5.92. The zero-order valence-electron chi connectivity index (χ0n) is 22.9. The molecule has 1 saturated heterocycles. The van der Waals surface area contributed by atoms with Crippen molar-refractivity contribution in [3.63, 3.8) is 0 Å². The molecule has 11 heteroatoms. The molecular weight excluding hydrogens is 514 g/mol. The molecule has 206 valence electrons. The van der Waals surface area contributed by atoms with Gasteiger partial charge in [0, 0.05) is 23.1 Å². The molecule has 2 aromatic carbocycles. The zero-order valence-corrected chi connectivity index (χ0v) is 23.9. The lowest BCUT2D eigenvalue weighted by atomic mass is 10.2. The summed E-state index contributed by atoms with van der Waals surface area (Å²) in [6.07, 6.45) is -0.716. The quantitative estimate of drug-likeness (QED) is 0.188. The Hall–Kier alpha value is -3.47. The Kier molecular flexibility index (Phi) is 8.58. The van der Waals surface area contributed by atoms with Crippen LogP contribution in [0.2, 0.25) is 5.04 Å². The van der Waals surface area contributed by atoms with E-state index in [2.05, 4.69) is 60.0 Å². The van der Waals surface area contributed by atoms with E-state index in [4.69, 9.17) is 19.4 Å².